The van der Waals surface area contributed by atoms with E-state index >= 15 is 0 Å². The van der Waals surface area contributed by atoms with E-state index in [1.807, 2.05) is 0 Å². The Labute approximate surface area is 128 Å². The Morgan fingerprint density at radius 1 is 1.41 bits per heavy atom. The minimum Gasteiger partial charge on any atom is -0.480 e. The topological polar surface area (TPSA) is 105 Å². The van der Waals surface area contributed by atoms with Crippen LogP contribution >= 0.6 is 0 Å². The Bertz CT molecular complexity index is 544. The largest absolute Gasteiger partial charge is 0.480 e. The second kappa shape index (κ2) is 6.17. The normalized spacial score (nSPS) is 21.5. The lowest BCUT2D eigenvalue weighted by atomic mass is 10.2. The lowest BCUT2D eigenvalue weighted by Crippen LogP contribution is -2.43. The van der Waals surface area contributed by atoms with E-state index in [0.29, 0.717) is 5.82 Å². The highest BCUT2D eigenvalue weighted by Gasteiger charge is 2.41. The van der Waals surface area contributed by atoms with Crippen LogP contribution in [0.15, 0.2) is 18.6 Å². The van der Waals surface area contributed by atoms with Crippen LogP contribution in [0.3, 0.4) is 0 Å². The molecule has 0 bridgehead atoms. The molecule has 22 heavy (non-hydrogen) atoms. The number of anilines is 1. The molecule has 1 amide bonds. The average molecular weight is 308 g/mol. The molecule has 2 N–H and O–H groups in total. The van der Waals surface area contributed by atoms with Crippen molar-refractivity contribution < 1.29 is 19.4 Å². The van der Waals surface area contributed by atoms with E-state index in [9.17, 15) is 14.7 Å². The summed E-state index contributed by atoms with van der Waals surface area (Å²) in [7, 11) is 0. The molecular formula is C14H20N4O4. The first-order valence-electron chi connectivity index (χ1n) is 7.01. The van der Waals surface area contributed by atoms with Gasteiger partial charge in [0.1, 0.15) is 17.5 Å². The van der Waals surface area contributed by atoms with E-state index in [0.717, 1.165) is 0 Å². The van der Waals surface area contributed by atoms with Gasteiger partial charge in [-0.25, -0.2) is 14.6 Å². The van der Waals surface area contributed by atoms with Crippen LogP contribution in [0.5, 0.6) is 0 Å². The quantitative estimate of drug-likeness (QED) is 0.868. The zero-order chi connectivity index (χ0) is 16.3. The number of aromatic nitrogens is 2. The van der Waals surface area contributed by atoms with Crippen LogP contribution in [-0.4, -0.2) is 56.3 Å². The van der Waals surface area contributed by atoms with Crippen molar-refractivity contribution >= 4 is 17.9 Å². The fourth-order valence-corrected chi connectivity index (χ4v) is 2.28. The number of carboxylic acid groups (broad SMARTS) is 1. The fourth-order valence-electron chi connectivity index (χ4n) is 2.28. The number of aliphatic carboxylic acids is 1. The Balaban J connectivity index is 2.06. The fraction of sp³-hybridized carbons (Fsp3) is 0.571. The molecule has 1 saturated heterocycles. The van der Waals surface area contributed by atoms with Crippen molar-refractivity contribution in [2.45, 2.75) is 44.9 Å². The average Bonchev–Trinajstić information content (AvgIpc) is 2.82. The van der Waals surface area contributed by atoms with Crippen molar-refractivity contribution in [3.05, 3.63) is 18.6 Å². The molecule has 0 unspecified atom stereocenters. The minimum atomic E-state index is -1.05. The molecule has 120 valence electrons. The first kappa shape index (κ1) is 16.0. The van der Waals surface area contributed by atoms with Gasteiger partial charge in [0.2, 0.25) is 0 Å². The molecule has 8 heteroatoms. The predicted molar refractivity (Wildman–Crippen MR) is 78.4 cm³/mol. The predicted octanol–water partition coefficient (Wildman–Crippen LogP) is 1.35. The lowest BCUT2D eigenvalue weighted by Gasteiger charge is -2.26. The van der Waals surface area contributed by atoms with Crippen molar-refractivity contribution in [1.82, 2.24) is 14.9 Å². The molecule has 8 nitrogen and oxygen atoms in total. The van der Waals surface area contributed by atoms with Crippen LogP contribution in [0.25, 0.3) is 0 Å². The zero-order valence-electron chi connectivity index (χ0n) is 12.8. The summed E-state index contributed by atoms with van der Waals surface area (Å²) in [6.07, 6.45) is 4.30. The third kappa shape index (κ3) is 4.06. The van der Waals surface area contributed by atoms with Crippen LogP contribution in [0, 0.1) is 0 Å². The maximum atomic E-state index is 12.2. The summed E-state index contributed by atoms with van der Waals surface area (Å²) in [6.45, 7) is 5.46. The van der Waals surface area contributed by atoms with Crippen molar-refractivity contribution in [3.63, 3.8) is 0 Å². The second-order valence-corrected chi connectivity index (χ2v) is 6.15. The Hall–Kier alpha value is -2.38. The van der Waals surface area contributed by atoms with Gasteiger partial charge in [-0.05, 0) is 20.8 Å². The van der Waals surface area contributed by atoms with Gasteiger partial charge in [-0.15, -0.1) is 0 Å². The Morgan fingerprint density at radius 3 is 2.68 bits per heavy atom. The maximum Gasteiger partial charge on any atom is 0.411 e. The SMILES string of the molecule is CC(C)(C)OC(=O)N1C[C@@H](Nc2cnccn2)C[C@H]1C(=O)O. The van der Waals surface area contributed by atoms with Crippen LogP contribution in [0.2, 0.25) is 0 Å². The summed E-state index contributed by atoms with van der Waals surface area (Å²) in [6, 6.07) is -1.13. The number of nitrogens with zero attached hydrogens (tertiary/aromatic N) is 3. The second-order valence-electron chi connectivity index (χ2n) is 6.15. The number of likely N-dealkylation sites (tertiary alicyclic amines) is 1. The van der Waals surface area contributed by atoms with Gasteiger partial charge >= 0.3 is 12.1 Å². The van der Waals surface area contributed by atoms with Crippen molar-refractivity contribution in [2.24, 2.45) is 0 Å². The summed E-state index contributed by atoms with van der Waals surface area (Å²) < 4.78 is 5.27. The zero-order valence-corrected chi connectivity index (χ0v) is 12.8. The Morgan fingerprint density at radius 2 is 2.14 bits per heavy atom. The van der Waals surface area contributed by atoms with Crippen molar-refractivity contribution in [3.8, 4) is 0 Å². The monoisotopic (exact) mass is 308 g/mol. The molecule has 0 saturated carbocycles. The van der Waals surface area contributed by atoms with E-state index in [1.165, 1.54) is 11.1 Å². The molecule has 1 aromatic heterocycles. The molecular weight excluding hydrogens is 288 g/mol. The number of carbonyl (C=O) groups excluding carboxylic acids is 1. The maximum absolute atomic E-state index is 12.2. The van der Waals surface area contributed by atoms with Gasteiger partial charge in [0.25, 0.3) is 0 Å². The third-order valence-electron chi connectivity index (χ3n) is 3.13. The van der Waals surface area contributed by atoms with Gasteiger partial charge in [-0.3, -0.25) is 9.88 Å². The molecule has 2 heterocycles. The van der Waals surface area contributed by atoms with Gasteiger partial charge in [0.05, 0.1) is 6.20 Å². The van der Waals surface area contributed by atoms with Crippen LogP contribution < -0.4 is 5.32 Å². The number of ether oxygens (including phenoxy) is 1. The Kier molecular flexibility index (Phi) is 4.48. The molecule has 1 aliphatic rings. The number of carbonyl (C=O) groups is 2. The van der Waals surface area contributed by atoms with Gasteiger partial charge in [-0.1, -0.05) is 0 Å². The van der Waals surface area contributed by atoms with E-state index in [1.54, 1.807) is 33.2 Å². The molecule has 0 aromatic carbocycles. The highest BCUT2D eigenvalue weighted by atomic mass is 16.6. The third-order valence-corrected chi connectivity index (χ3v) is 3.13. The standard InChI is InChI=1S/C14H20N4O4/c1-14(2,3)22-13(21)18-8-9(6-10(18)12(19)20)17-11-7-15-4-5-16-11/h4-5,7,9-10H,6,8H2,1-3H3,(H,16,17)(H,19,20)/t9-,10-/m0/s1. The van der Waals surface area contributed by atoms with Gasteiger partial charge in [0, 0.05) is 31.4 Å². The number of hydrogen-bond acceptors (Lipinski definition) is 6. The van der Waals surface area contributed by atoms with E-state index in [4.69, 9.17) is 4.74 Å². The molecule has 2 rings (SSSR count). The molecule has 0 spiro atoms. The van der Waals surface area contributed by atoms with Gasteiger partial charge < -0.3 is 15.2 Å². The van der Waals surface area contributed by atoms with E-state index in [2.05, 4.69) is 15.3 Å². The highest BCUT2D eigenvalue weighted by Crippen LogP contribution is 2.23. The minimum absolute atomic E-state index is 0.217. The van der Waals surface area contributed by atoms with Crippen LogP contribution in [0.4, 0.5) is 10.6 Å². The lowest BCUT2D eigenvalue weighted by molar-refractivity contribution is -0.142. The number of carboxylic acids is 1. The van der Waals surface area contributed by atoms with Crippen molar-refractivity contribution in [1.29, 1.82) is 0 Å². The number of hydrogen-bond donors (Lipinski definition) is 2. The van der Waals surface area contributed by atoms with E-state index < -0.39 is 23.7 Å². The summed E-state index contributed by atoms with van der Waals surface area (Å²) in [5, 5.41) is 12.4. The van der Waals surface area contributed by atoms with Gasteiger partial charge in [0.15, 0.2) is 0 Å². The van der Waals surface area contributed by atoms with Gasteiger partial charge in [-0.2, -0.15) is 0 Å². The summed E-state index contributed by atoms with van der Waals surface area (Å²) >= 11 is 0. The first-order chi connectivity index (χ1) is 10.3. The number of rotatable bonds is 3. The summed E-state index contributed by atoms with van der Waals surface area (Å²) in [5.74, 6) is -0.503. The highest BCUT2D eigenvalue weighted by molar-refractivity contribution is 5.81. The summed E-state index contributed by atoms with van der Waals surface area (Å²) in [5.41, 5.74) is -0.670. The molecule has 2 atom stereocenters. The molecule has 0 radical (unpaired) electrons. The van der Waals surface area contributed by atoms with E-state index in [-0.39, 0.29) is 19.0 Å². The molecule has 1 aromatic rings. The first-order valence-corrected chi connectivity index (χ1v) is 7.01. The van der Waals surface area contributed by atoms with Crippen LogP contribution in [0.1, 0.15) is 27.2 Å². The molecule has 1 aliphatic heterocycles. The molecule has 0 aliphatic carbocycles. The van der Waals surface area contributed by atoms with Crippen LogP contribution in [-0.2, 0) is 9.53 Å². The summed E-state index contributed by atoms with van der Waals surface area (Å²) in [4.78, 5) is 32.8. The molecule has 1 fully saturated rings. The smallest absolute Gasteiger partial charge is 0.411 e. The number of amides is 1. The van der Waals surface area contributed by atoms with Crippen molar-refractivity contribution in [2.75, 3.05) is 11.9 Å². The number of nitrogens with one attached hydrogen (secondary N) is 1.